The lowest BCUT2D eigenvalue weighted by molar-refractivity contribution is -0.138. The van der Waals surface area contributed by atoms with Crippen molar-refractivity contribution in [1.82, 2.24) is 0 Å². The third-order valence-corrected chi connectivity index (χ3v) is 2.46. The zero-order chi connectivity index (χ0) is 14.3. The Bertz CT molecular complexity index is 528. The molecule has 1 aromatic carbocycles. The minimum Gasteiger partial charge on any atom is -0.478 e. The van der Waals surface area contributed by atoms with Crippen LogP contribution in [-0.2, 0) is 25.6 Å². The van der Waals surface area contributed by atoms with Crippen molar-refractivity contribution in [3.63, 3.8) is 0 Å². The average molecular weight is 260 g/mol. The number of Topliss-reactive ketones (excluding diaryl/α,β-unsaturated/α-hetero) is 1. The van der Waals surface area contributed by atoms with E-state index in [4.69, 9.17) is 5.11 Å². The second-order valence-electron chi connectivity index (χ2n) is 3.81. The molecule has 0 radical (unpaired) electrons. The molecular formula is C14H12O5. The maximum Gasteiger partial charge on any atom is 0.331 e. The molecule has 0 heterocycles. The first kappa shape index (κ1) is 14.5. The highest BCUT2D eigenvalue weighted by atomic mass is 16.4. The Hall–Kier alpha value is -2.56. The largest absolute Gasteiger partial charge is 0.478 e. The van der Waals surface area contributed by atoms with Crippen LogP contribution < -0.4 is 0 Å². The van der Waals surface area contributed by atoms with E-state index in [0.29, 0.717) is 12.5 Å². The van der Waals surface area contributed by atoms with Gasteiger partial charge < -0.3 is 5.11 Å². The molecule has 0 spiro atoms. The van der Waals surface area contributed by atoms with Crippen LogP contribution in [0.5, 0.6) is 0 Å². The van der Waals surface area contributed by atoms with Crippen LogP contribution in [0, 0.1) is 0 Å². The van der Waals surface area contributed by atoms with Gasteiger partial charge in [0, 0.05) is 11.6 Å². The summed E-state index contributed by atoms with van der Waals surface area (Å²) >= 11 is 0. The molecule has 0 aliphatic heterocycles. The Balaban J connectivity index is 2.76. The van der Waals surface area contributed by atoms with Gasteiger partial charge in [-0.25, -0.2) is 4.79 Å². The number of rotatable bonds is 7. The predicted molar refractivity (Wildman–Crippen MR) is 66.6 cm³/mol. The number of allylic oxidation sites excluding steroid dienone is 1. The van der Waals surface area contributed by atoms with Crippen LogP contribution in [0.15, 0.2) is 42.0 Å². The molecule has 0 amide bonds. The number of aldehydes is 1. The summed E-state index contributed by atoms with van der Waals surface area (Å²) in [5, 5.41) is 8.93. The Kier molecular flexibility index (Phi) is 5.35. The highest BCUT2D eigenvalue weighted by Crippen LogP contribution is 2.09. The summed E-state index contributed by atoms with van der Waals surface area (Å²) in [6.45, 7) is 0. The van der Waals surface area contributed by atoms with Crippen molar-refractivity contribution in [2.24, 2.45) is 0 Å². The van der Waals surface area contributed by atoms with Gasteiger partial charge in [-0.1, -0.05) is 30.3 Å². The van der Waals surface area contributed by atoms with Gasteiger partial charge in [0.2, 0.25) is 5.78 Å². The lowest BCUT2D eigenvalue weighted by atomic mass is 10.0. The number of carboxylic acids is 1. The summed E-state index contributed by atoms with van der Waals surface area (Å²) in [7, 11) is 0. The molecule has 0 unspecified atom stereocenters. The van der Waals surface area contributed by atoms with E-state index in [-0.39, 0.29) is 18.3 Å². The summed E-state index contributed by atoms with van der Waals surface area (Å²) in [5.41, 5.74) is 0.730. The van der Waals surface area contributed by atoms with Crippen molar-refractivity contribution in [1.29, 1.82) is 0 Å². The van der Waals surface area contributed by atoms with E-state index in [1.165, 1.54) is 0 Å². The summed E-state index contributed by atoms with van der Waals surface area (Å²) in [5.74, 6) is -3.64. The van der Waals surface area contributed by atoms with Gasteiger partial charge in [-0.15, -0.1) is 0 Å². The number of hydrogen-bond acceptors (Lipinski definition) is 4. The van der Waals surface area contributed by atoms with Crippen molar-refractivity contribution < 1.29 is 24.3 Å². The van der Waals surface area contributed by atoms with Gasteiger partial charge in [-0.05, 0) is 18.4 Å². The lowest BCUT2D eigenvalue weighted by Crippen LogP contribution is -2.14. The molecule has 98 valence electrons. The Labute approximate surface area is 109 Å². The van der Waals surface area contributed by atoms with E-state index in [9.17, 15) is 19.2 Å². The summed E-state index contributed by atoms with van der Waals surface area (Å²) in [4.78, 5) is 43.0. The summed E-state index contributed by atoms with van der Waals surface area (Å²) < 4.78 is 0. The third-order valence-electron chi connectivity index (χ3n) is 2.46. The zero-order valence-electron chi connectivity index (χ0n) is 10.0. The van der Waals surface area contributed by atoms with Crippen molar-refractivity contribution in [3.05, 3.63) is 47.5 Å². The summed E-state index contributed by atoms with van der Waals surface area (Å²) in [6.07, 6.45) is 1.12. The van der Waals surface area contributed by atoms with Gasteiger partial charge in [0.05, 0.1) is 0 Å². The normalized spacial score (nSPS) is 10.8. The van der Waals surface area contributed by atoms with Gasteiger partial charge in [-0.3, -0.25) is 14.4 Å². The van der Waals surface area contributed by atoms with Crippen LogP contribution in [0.3, 0.4) is 0 Å². The van der Waals surface area contributed by atoms with Crippen LogP contribution in [0.25, 0.3) is 0 Å². The molecule has 0 aromatic heterocycles. The molecule has 0 aliphatic carbocycles. The van der Waals surface area contributed by atoms with Gasteiger partial charge in [-0.2, -0.15) is 0 Å². The molecule has 1 N–H and O–H groups in total. The number of hydrogen-bond donors (Lipinski definition) is 1. The monoisotopic (exact) mass is 260 g/mol. The number of benzene rings is 1. The molecule has 5 heteroatoms. The van der Waals surface area contributed by atoms with Crippen LogP contribution in [0.2, 0.25) is 0 Å². The topological polar surface area (TPSA) is 88.5 Å². The van der Waals surface area contributed by atoms with Gasteiger partial charge in [0.25, 0.3) is 5.78 Å². The fraction of sp³-hybridized carbons (Fsp3) is 0.143. The molecule has 1 rings (SSSR count). The average Bonchev–Trinajstić information content (AvgIpc) is 2.42. The Morgan fingerprint density at radius 1 is 1.05 bits per heavy atom. The maximum absolute atomic E-state index is 11.2. The highest BCUT2D eigenvalue weighted by Gasteiger charge is 2.14. The molecule has 1 aromatic rings. The number of ketones is 2. The van der Waals surface area contributed by atoms with E-state index in [1.807, 2.05) is 30.3 Å². The van der Waals surface area contributed by atoms with Crippen molar-refractivity contribution in [3.8, 4) is 0 Å². The van der Waals surface area contributed by atoms with Crippen molar-refractivity contribution in [2.75, 3.05) is 0 Å². The Morgan fingerprint density at radius 2 is 1.68 bits per heavy atom. The van der Waals surface area contributed by atoms with Crippen LogP contribution in [0.1, 0.15) is 12.0 Å². The van der Waals surface area contributed by atoms with Crippen LogP contribution in [-0.4, -0.2) is 28.9 Å². The highest BCUT2D eigenvalue weighted by molar-refractivity contribution is 6.60. The van der Waals surface area contributed by atoms with Gasteiger partial charge in [0.15, 0.2) is 6.29 Å². The first-order chi connectivity index (χ1) is 9.04. The molecule has 0 aliphatic rings. The first-order valence-electron chi connectivity index (χ1n) is 5.56. The lowest BCUT2D eigenvalue weighted by Gasteiger charge is -2.02. The van der Waals surface area contributed by atoms with Crippen molar-refractivity contribution >= 4 is 23.8 Å². The zero-order valence-corrected chi connectivity index (χ0v) is 10.0. The van der Waals surface area contributed by atoms with Crippen molar-refractivity contribution in [2.45, 2.75) is 12.8 Å². The maximum atomic E-state index is 11.2. The second kappa shape index (κ2) is 7.00. The molecule has 0 saturated carbocycles. The Morgan fingerprint density at radius 3 is 2.21 bits per heavy atom. The van der Waals surface area contributed by atoms with E-state index in [0.717, 1.165) is 5.56 Å². The standard InChI is InChI=1S/C14H12O5/c15-9-13(17)12(16)8-11(14(18)19)7-6-10-4-2-1-3-5-10/h1-5,8-9H,6-7H2,(H,18,19). The predicted octanol–water partition coefficient (Wildman–Crippen LogP) is 0.967. The van der Waals surface area contributed by atoms with Gasteiger partial charge >= 0.3 is 5.97 Å². The number of carboxylic acid groups (broad SMARTS) is 1. The molecular weight excluding hydrogens is 248 g/mol. The fourth-order valence-corrected chi connectivity index (χ4v) is 1.45. The SMILES string of the molecule is O=CC(=O)C(=O)C=C(CCc1ccccc1)C(=O)O. The van der Waals surface area contributed by atoms with Gasteiger partial charge in [0.1, 0.15) is 0 Å². The minimum absolute atomic E-state index is 0.108. The molecule has 0 bridgehead atoms. The molecule has 5 nitrogen and oxygen atoms in total. The van der Waals surface area contributed by atoms with E-state index >= 15 is 0 Å². The molecule has 0 fully saturated rings. The minimum atomic E-state index is -1.28. The number of aliphatic carboxylic acids is 1. The van der Waals surface area contributed by atoms with E-state index in [1.54, 1.807) is 0 Å². The smallest absolute Gasteiger partial charge is 0.331 e. The van der Waals surface area contributed by atoms with Crippen LogP contribution in [0.4, 0.5) is 0 Å². The van der Waals surface area contributed by atoms with E-state index < -0.39 is 17.5 Å². The fourth-order valence-electron chi connectivity index (χ4n) is 1.45. The molecule has 0 saturated heterocycles. The molecule has 0 atom stereocenters. The number of carbonyl (C=O) groups excluding carboxylic acids is 3. The third kappa shape index (κ3) is 4.67. The van der Waals surface area contributed by atoms with Crippen LogP contribution >= 0.6 is 0 Å². The second-order valence-corrected chi connectivity index (χ2v) is 3.81. The number of carbonyl (C=O) groups is 4. The van der Waals surface area contributed by atoms with E-state index in [2.05, 4.69) is 0 Å². The quantitative estimate of drug-likeness (QED) is 0.341. The first-order valence-corrected chi connectivity index (χ1v) is 5.56. The molecule has 19 heavy (non-hydrogen) atoms. The summed E-state index contributed by atoms with van der Waals surface area (Å²) in [6, 6.07) is 9.14. The number of aryl methyl sites for hydroxylation is 1.